The standard InChI is InChI=1S/C29H25ClN4O2S3/c30-19-12-10-18(11-13-19)16-21-17-31-28(38-21)32-24(35)14-15-37-29-33-26-25(22-8-4-5-9-23(22)39-26)27(36)34(29)20-6-2-1-3-7-20/h1-3,6-7,10-13,17H,4-5,8-9,14-16H2,(H,31,32,35). The number of nitrogens with one attached hydrogen (secondary N) is 1. The summed E-state index contributed by atoms with van der Waals surface area (Å²) in [5, 5.41) is 5.58. The van der Waals surface area contributed by atoms with Gasteiger partial charge in [0.15, 0.2) is 10.3 Å². The lowest BCUT2D eigenvalue weighted by Gasteiger charge is -2.13. The Labute approximate surface area is 243 Å². The molecule has 0 unspecified atom stereocenters. The number of fused-ring (bicyclic) bond motifs is 3. The fraction of sp³-hybridized carbons (Fsp3) is 0.241. The molecule has 1 amide bonds. The number of carbonyl (C=O) groups is 1. The van der Waals surface area contributed by atoms with Crippen molar-refractivity contribution in [3.05, 3.63) is 97.1 Å². The third kappa shape index (κ3) is 5.82. The first-order valence-corrected chi connectivity index (χ1v) is 15.8. The predicted octanol–water partition coefficient (Wildman–Crippen LogP) is 7.15. The van der Waals surface area contributed by atoms with E-state index in [9.17, 15) is 9.59 Å². The second-order valence-corrected chi connectivity index (χ2v) is 13.0. The van der Waals surface area contributed by atoms with Crippen LogP contribution in [0.4, 0.5) is 5.13 Å². The Morgan fingerprint density at radius 1 is 1.05 bits per heavy atom. The van der Waals surface area contributed by atoms with Crippen molar-refractivity contribution >= 4 is 67.3 Å². The van der Waals surface area contributed by atoms with Crippen molar-refractivity contribution in [3.63, 3.8) is 0 Å². The Balaban J connectivity index is 1.16. The number of para-hydroxylation sites is 1. The number of benzene rings is 2. The normalized spacial score (nSPS) is 12.9. The fourth-order valence-corrected chi connectivity index (χ4v) is 8.00. The maximum absolute atomic E-state index is 13.8. The van der Waals surface area contributed by atoms with Gasteiger partial charge < -0.3 is 5.32 Å². The second kappa shape index (κ2) is 11.6. The lowest BCUT2D eigenvalue weighted by Crippen LogP contribution is -2.22. The minimum atomic E-state index is -0.115. The molecule has 1 N–H and O–H groups in total. The van der Waals surface area contributed by atoms with Gasteiger partial charge in [-0.25, -0.2) is 9.97 Å². The van der Waals surface area contributed by atoms with Crippen LogP contribution < -0.4 is 10.9 Å². The first kappa shape index (κ1) is 26.3. The van der Waals surface area contributed by atoms with Crippen LogP contribution in [0.25, 0.3) is 15.9 Å². The lowest BCUT2D eigenvalue weighted by atomic mass is 9.97. The molecule has 6 nitrogen and oxygen atoms in total. The molecule has 0 fully saturated rings. The Hall–Kier alpha value is -2.98. The molecule has 0 spiro atoms. The molecule has 0 saturated heterocycles. The van der Waals surface area contributed by atoms with Gasteiger partial charge in [-0.1, -0.05) is 53.7 Å². The Morgan fingerprint density at radius 2 is 1.85 bits per heavy atom. The number of amides is 1. The number of anilines is 1. The van der Waals surface area contributed by atoms with Crippen LogP contribution in [-0.2, 0) is 24.1 Å². The molecule has 0 bridgehead atoms. The van der Waals surface area contributed by atoms with Gasteiger partial charge in [0.25, 0.3) is 5.56 Å². The summed E-state index contributed by atoms with van der Waals surface area (Å²) in [5.74, 6) is 0.376. The third-order valence-electron chi connectivity index (χ3n) is 6.62. The molecule has 1 aliphatic rings. The highest BCUT2D eigenvalue weighted by Gasteiger charge is 2.23. The summed E-state index contributed by atoms with van der Waals surface area (Å²) >= 11 is 10.5. The first-order chi connectivity index (χ1) is 19.0. The minimum absolute atomic E-state index is 0.0199. The van der Waals surface area contributed by atoms with Gasteiger partial charge in [0.2, 0.25) is 5.91 Å². The van der Waals surface area contributed by atoms with E-state index in [1.54, 1.807) is 22.1 Å². The van der Waals surface area contributed by atoms with Crippen molar-refractivity contribution in [2.75, 3.05) is 11.1 Å². The van der Waals surface area contributed by atoms with E-state index in [2.05, 4.69) is 10.3 Å². The van der Waals surface area contributed by atoms with Crippen LogP contribution in [0.2, 0.25) is 5.02 Å². The number of hydrogen-bond donors (Lipinski definition) is 1. The average Bonchev–Trinajstić information content (AvgIpc) is 3.54. The van der Waals surface area contributed by atoms with E-state index < -0.39 is 0 Å². The number of nitrogens with zero attached hydrogens (tertiary/aromatic N) is 3. The molecular formula is C29H25ClN4O2S3. The number of carbonyl (C=O) groups excluding carboxylic acids is 1. The first-order valence-electron chi connectivity index (χ1n) is 12.8. The third-order valence-corrected chi connectivity index (χ3v) is 9.92. The molecule has 6 rings (SSSR count). The topological polar surface area (TPSA) is 76.9 Å². The second-order valence-electron chi connectivity index (χ2n) is 9.34. The summed E-state index contributed by atoms with van der Waals surface area (Å²) in [5.41, 5.74) is 3.08. The number of hydrogen-bond acceptors (Lipinski definition) is 7. The van der Waals surface area contributed by atoms with Gasteiger partial charge in [-0.3, -0.25) is 14.2 Å². The van der Waals surface area contributed by atoms with Crippen LogP contribution in [0.1, 0.15) is 40.1 Å². The molecule has 3 heterocycles. The van der Waals surface area contributed by atoms with Crippen molar-refractivity contribution in [1.29, 1.82) is 0 Å². The quantitative estimate of drug-likeness (QED) is 0.153. The molecule has 198 valence electrons. The van der Waals surface area contributed by atoms with Gasteiger partial charge in [-0.15, -0.1) is 22.7 Å². The van der Waals surface area contributed by atoms with Gasteiger partial charge in [-0.05, 0) is 61.1 Å². The highest BCUT2D eigenvalue weighted by molar-refractivity contribution is 7.99. The predicted molar refractivity (Wildman–Crippen MR) is 162 cm³/mol. The lowest BCUT2D eigenvalue weighted by molar-refractivity contribution is -0.115. The number of halogens is 1. The molecule has 39 heavy (non-hydrogen) atoms. The number of thiophene rings is 1. The van der Waals surface area contributed by atoms with Crippen molar-refractivity contribution in [1.82, 2.24) is 14.5 Å². The number of thioether (sulfide) groups is 1. The SMILES string of the molecule is O=C(CCSc1nc2sc3c(c2c(=O)n1-c1ccccc1)CCCC3)Nc1ncc(Cc2ccc(Cl)cc2)s1. The van der Waals surface area contributed by atoms with Crippen molar-refractivity contribution < 1.29 is 4.79 Å². The summed E-state index contributed by atoms with van der Waals surface area (Å²) < 4.78 is 1.70. The van der Waals surface area contributed by atoms with E-state index in [4.69, 9.17) is 16.6 Å². The molecule has 3 aromatic heterocycles. The van der Waals surface area contributed by atoms with Crippen LogP contribution in [0.5, 0.6) is 0 Å². The molecule has 0 atom stereocenters. The number of rotatable bonds is 8. The van der Waals surface area contributed by atoms with Crippen molar-refractivity contribution in [2.45, 2.75) is 43.7 Å². The van der Waals surface area contributed by atoms with Crippen LogP contribution in [0, 0.1) is 0 Å². The molecule has 5 aromatic rings. The smallest absolute Gasteiger partial charge is 0.267 e. The molecule has 0 radical (unpaired) electrons. The highest BCUT2D eigenvalue weighted by Crippen LogP contribution is 2.35. The Morgan fingerprint density at radius 3 is 2.67 bits per heavy atom. The molecule has 0 aliphatic heterocycles. The molecule has 0 saturated carbocycles. The van der Waals surface area contributed by atoms with Gasteiger partial charge in [-0.2, -0.15) is 0 Å². The monoisotopic (exact) mass is 592 g/mol. The molecule has 2 aromatic carbocycles. The van der Waals surface area contributed by atoms with Crippen LogP contribution in [0.3, 0.4) is 0 Å². The summed E-state index contributed by atoms with van der Waals surface area (Å²) in [6.07, 6.45) is 7.02. The van der Waals surface area contributed by atoms with Crippen LogP contribution in [0.15, 0.2) is 70.7 Å². The van der Waals surface area contributed by atoms with Gasteiger partial charge in [0.1, 0.15) is 4.83 Å². The summed E-state index contributed by atoms with van der Waals surface area (Å²) in [4.78, 5) is 39.0. The molecule has 10 heteroatoms. The highest BCUT2D eigenvalue weighted by atomic mass is 35.5. The number of thiazole rings is 1. The molecule has 1 aliphatic carbocycles. The zero-order valence-corrected chi connectivity index (χ0v) is 24.2. The van der Waals surface area contributed by atoms with E-state index >= 15 is 0 Å². The Kier molecular flexibility index (Phi) is 7.83. The van der Waals surface area contributed by atoms with Crippen molar-refractivity contribution in [2.24, 2.45) is 0 Å². The summed E-state index contributed by atoms with van der Waals surface area (Å²) in [6.45, 7) is 0. The Bertz CT molecular complexity index is 1690. The van der Waals surface area contributed by atoms with E-state index in [0.29, 0.717) is 21.1 Å². The summed E-state index contributed by atoms with van der Waals surface area (Å²) in [7, 11) is 0. The summed E-state index contributed by atoms with van der Waals surface area (Å²) in [6, 6.07) is 17.3. The van der Waals surface area contributed by atoms with E-state index in [1.165, 1.54) is 33.5 Å². The minimum Gasteiger partial charge on any atom is -0.302 e. The van der Waals surface area contributed by atoms with E-state index in [0.717, 1.165) is 58.4 Å². The zero-order chi connectivity index (χ0) is 26.8. The van der Waals surface area contributed by atoms with Gasteiger partial charge >= 0.3 is 0 Å². The number of aryl methyl sites for hydroxylation is 2. The van der Waals surface area contributed by atoms with E-state index in [-0.39, 0.29) is 17.9 Å². The van der Waals surface area contributed by atoms with Gasteiger partial charge in [0.05, 0.1) is 11.1 Å². The van der Waals surface area contributed by atoms with E-state index in [1.807, 2.05) is 54.6 Å². The fourth-order valence-electron chi connectivity index (χ4n) is 4.76. The number of aromatic nitrogens is 3. The van der Waals surface area contributed by atoms with Crippen LogP contribution >= 0.6 is 46.0 Å². The zero-order valence-electron chi connectivity index (χ0n) is 21.0. The largest absolute Gasteiger partial charge is 0.302 e. The maximum Gasteiger partial charge on any atom is 0.267 e. The maximum atomic E-state index is 13.8. The van der Waals surface area contributed by atoms with Gasteiger partial charge in [0, 0.05) is 39.6 Å². The van der Waals surface area contributed by atoms with Crippen molar-refractivity contribution in [3.8, 4) is 5.69 Å². The molecular weight excluding hydrogens is 568 g/mol. The van der Waals surface area contributed by atoms with Crippen LogP contribution in [-0.4, -0.2) is 26.2 Å². The average molecular weight is 593 g/mol.